The van der Waals surface area contributed by atoms with Crippen molar-refractivity contribution in [3.8, 4) is 28.5 Å². The molecule has 1 aliphatic heterocycles. The van der Waals surface area contributed by atoms with Gasteiger partial charge in [0.1, 0.15) is 0 Å². The summed E-state index contributed by atoms with van der Waals surface area (Å²) < 4.78 is 82.6. The van der Waals surface area contributed by atoms with Crippen LogP contribution in [0.1, 0.15) is 18.4 Å². The van der Waals surface area contributed by atoms with E-state index in [0.29, 0.717) is 41.2 Å². The molecule has 0 atom stereocenters. The number of alkyl halides is 3. The maximum Gasteiger partial charge on any atom is 0.417 e. The van der Waals surface area contributed by atoms with Gasteiger partial charge in [-0.05, 0) is 37.1 Å². The zero-order valence-corrected chi connectivity index (χ0v) is 21.5. The van der Waals surface area contributed by atoms with Crippen molar-refractivity contribution in [2.45, 2.75) is 29.2 Å². The molecule has 3 aromatic rings. The maximum atomic E-state index is 13.4. The van der Waals surface area contributed by atoms with Crippen molar-refractivity contribution in [1.82, 2.24) is 4.98 Å². The van der Waals surface area contributed by atoms with Gasteiger partial charge in [0, 0.05) is 24.0 Å². The number of methoxy groups -OCH3 is 3. The summed E-state index contributed by atoms with van der Waals surface area (Å²) in [4.78, 5) is 5.99. The summed E-state index contributed by atoms with van der Waals surface area (Å²) in [6.45, 7) is 0.723. The first-order valence-electron chi connectivity index (χ1n) is 11.0. The molecule has 1 aliphatic rings. The van der Waals surface area contributed by atoms with Crippen molar-refractivity contribution in [3.63, 3.8) is 0 Å². The molecule has 0 saturated carbocycles. The molecule has 0 spiro atoms. The van der Waals surface area contributed by atoms with Crippen molar-refractivity contribution >= 4 is 26.3 Å². The van der Waals surface area contributed by atoms with Crippen LogP contribution in [0.2, 0.25) is 0 Å². The van der Waals surface area contributed by atoms with Crippen molar-refractivity contribution in [1.29, 1.82) is 0 Å². The van der Waals surface area contributed by atoms with Crippen LogP contribution in [0.4, 0.5) is 18.3 Å². The molecule has 0 bridgehead atoms. The van der Waals surface area contributed by atoms with Crippen LogP contribution in [0.3, 0.4) is 0 Å². The fourth-order valence-corrected chi connectivity index (χ4v) is 7.09. The predicted molar refractivity (Wildman–Crippen MR) is 131 cm³/mol. The number of hydrogen-bond acceptors (Lipinski definition) is 8. The average Bonchev–Trinajstić information content (AvgIpc) is 3.37. The van der Waals surface area contributed by atoms with Gasteiger partial charge in [0.25, 0.3) is 0 Å². The van der Waals surface area contributed by atoms with Crippen LogP contribution in [-0.2, 0) is 16.0 Å². The number of nitrogens with zero attached hydrogens (tertiary/aromatic N) is 2. The molecule has 7 nitrogen and oxygen atoms in total. The summed E-state index contributed by atoms with van der Waals surface area (Å²) in [5.74, 6) is 1.45. The Morgan fingerprint density at radius 1 is 1.00 bits per heavy atom. The largest absolute Gasteiger partial charge is 0.493 e. The normalized spacial score (nSPS) is 15.1. The van der Waals surface area contributed by atoms with Gasteiger partial charge in [-0.2, -0.15) is 13.2 Å². The van der Waals surface area contributed by atoms with E-state index in [-0.39, 0.29) is 12.8 Å². The molecule has 2 heterocycles. The van der Waals surface area contributed by atoms with Gasteiger partial charge in [-0.15, -0.1) is 11.3 Å². The first kappa shape index (κ1) is 26.1. The molecule has 0 aliphatic carbocycles. The van der Waals surface area contributed by atoms with E-state index in [9.17, 15) is 21.6 Å². The number of ether oxygens (including phenoxy) is 3. The lowest BCUT2D eigenvalue weighted by Crippen LogP contribution is -2.39. The Balaban J connectivity index is 1.52. The molecule has 0 amide bonds. The Morgan fingerprint density at radius 2 is 1.61 bits per heavy atom. The number of hydrogen-bond donors (Lipinski definition) is 0. The first-order chi connectivity index (χ1) is 17.1. The number of thiazole rings is 1. The third-order valence-electron chi connectivity index (χ3n) is 6.10. The summed E-state index contributed by atoms with van der Waals surface area (Å²) in [7, 11) is 0.429. The van der Waals surface area contributed by atoms with Gasteiger partial charge in [0.2, 0.25) is 5.75 Å². The fraction of sp³-hybridized carbons (Fsp3) is 0.375. The summed E-state index contributed by atoms with van der Waals surface area (Å²) in [6, 6.07) is 7.93. The molecule has 0 radical (unpaired) electrons. The third-order valence-corrected chi connectivity index (χ3v) is 9.32. The number of sulfone groups is 1. The lowest BCUT2D eigenvalue weighted by molar-refractivity contribution is -0.139. The minimum atomic E-state index is -4.74. The van der Waals surface area contributed by atoms with Gasteiger partial charge in [-0.3, -0.25) is 0 Å². The minimum absolute atomic E-state index is 0.202. The van der Waals surface area contributed by atoms with E-state index in [4.69, 9.17) is 19.2 Å². The summed E-state index contributed by atoms with van der Waals surface area (Å²) >= 11 is 1.40. The number of benzene rings is 2. The highest BCUT2D eigenvalue weighted by molar-refractivity contribution is 7.92. The SMILES string of the molecule is COc1cc(-c2csc(N3CCC(S(=O)(=O)c4ccccc4C(F)(F)F)CC3)n2)cc(OC)c1OC. The number of aromatic nitrogens is 1. The van der Waals surface area contributed by atoms with Crippen LogP contribution in [-0.4, -0.2) is 53.1 Å². The highest BCUT2D eigenvalue weighted by Gasteiger charge is 2.40. The lowest BCUT2D eigenvalue weighted by Gasteiger charge is -2.31. The van der Waals surface area contributed by atoms with Crippen molar-refractivity contribution in [2.24, 2.45) is 0 Å². The molecular weight excluding hydrogens is 517 g/mol. The average molecular weight is 543 g/mol. The topological polar surface area (TPSA) is 78.0 Å². The second kappa shape index (κ2) is 10.2. The monoisotopic (exact) mass is 542 g/mol. The molecule has 1 fully saturated rings. The lowest BCUT2D eigenvalue weighted by atomic mass is 10.1. The van der Waals surface area contributed by atoms with Gasteiger partial charge in [-0.1, -0.05) is 12.1 Å². The van der Waals surface area contributed by atoms with Crippen LogP contribution in [0.5, 0.6) is 17.2 Å². The maximum absolute atomic E-state index is 13.4. The minimum Gasteiger partial charge on any atom is -0.493 e. The zero-order valence-electron chi connectivity index (χ0n) is 19.8. The van der Waals surface area contributed by atoms with Gasteiger partial charge in [0.15, 0.2) is 26.5 Å². The van der Waals surface area contributed by atoms with Crippen LogP contribution in [0, 0.1) is 0 Å². The number of piperidine rings is 1. The third kappa shape index (κ3) is 4.96. The van der Waals surface area contributed by atoms with E-state index in [1.807, 2.05) is 10.3 Å². The first-order valence-corrected chi connectivity index (χ1v) is 13.4. The van der Waals surface area contributed by atoms with E-state index in [1.165, 1.54) is 44.8 Å². The van der Waals surface area contributed by atoms with Gasteiger partial charge >= 0.3 is 6.18 Å². The Bertz CT molecular complexity index is 1310. The Kier molecular flexibility index (Phi) is 7.37. The Labute approximate surface area is 211 Å². The highest BCUT2D eigenvalue weighted by atomic mass is 32.2. The smallest absolute Gasteiger partial charge is 0.417 e. The van der Waals surface area contributed by atoms with E-state index in [0.717, 1.165) is 17.7 Å². The van der Waals surface area contributed by atoms with Crippen molar-refractivity contribution < 1.29 is 35.8 Å². The highest BCUT2D eigenvalue weighted by Crippen LogP contribution is 2.42. The molecule has 0 N–H and O–H groups in total. The summed E-state index contributed by atoms with van der Waals surface area (Å²) in [5.41, 5.74) is 0.318. The molecular formula is C24H25F3N2O5S2. The quantitative estimate of drug-likeness (QED) is 0.401. The Hall–Kier alpha value is -2.99. The molecule has 12 heteroatoms. The molecule has 1 saturated heterocycles. The van der Waals surface area contributed by atoms with Gasteiger partial charge in [0.05, 0.1) is 42.7 Å². The summed E-state index contributed by atoms with van der Waals surface area (Å²) in [5, 5.41) is 1.68. The number of rotatable bonds is 7. The van der Waals surface area contributed by atoms with E-state index >= 15 is 0 Å². The van der Waals surface area contributed by atoms with Gasteiger partial charge in [-0.25, -0.2) is 13.4 Å². The van der Waals surface area contributed by atoms with E-state index < -0.39 is 31.7 Å². The number of halogens is 3. The summed E-state index contributed by atoms with van der Waals surface area (Å²) in [6.07, 6.45) is -4.34. The molecule has 194 valence electrons. The van der Waals surface area contributed by atoms with Crippen LogP contribution in [0.25, 0.3) is 11.3 Å². The van der Waals surface area contributed by atoms with Crippen LogP contribution in [0.15, 0.2) is 46.7 Å². The predicted octanol–water partition coefficient (Wildman–Crippen LogP) is 5.30. The van der Waals surface area contributed by atoms with Crippen molar-refractivity contribution in [3.05, 3.63) is 47.3 Å². The standard InChI is InChI=1S/C24H25F3N2O5S2/c1-32-19-12-15(13-20(33-2)22(19)34-3)18-14-35-23(28-18)29-10-8-16(9-11-29)36(30,31)21-7-5-4-6-17(21)24(25,26)27/h4-7,12-14,16H,8-11H2,1-3H3. The van der Waals surface area contributed by atoms with Crippen molar-refractivity contribution in [2.75, 3.05) is 39.3 Å². The van der Waals surface area contributed by atoms with Crippen LogP contribution >= 0.6 is 11.3 Å². The molecule has 1 aromatic heterocycles. The zero-order chi connectivity index (χ0) is 26.1. The molecule has 2 aromatic carbocycles. The van der Waals surface area contributed by atoms with E-state index in [1.54, 1.807) is 12.1 Å². The molecule has 4 rings (SSSR count). The number of anilines is 1. The van der Waals surface area contributed by atoms with E-state index in [2.05, 4.69) is 0 Å². The Morgan fingerprint density at radius 3 is 2.17 bits per heavy atom. The fourth-order valence-electron chi connectivity index (χ4n) is 4.26. The molecule has 36 heavy (non-hydrogen) atoms. The second-order valence-electron chi connectivity index (χ2n) is 8.15. The molecule has 0 unspecified atom stereocenters. The van der Waals surface area contributed by atoms with Gasteiger partial charge < -0.3 is 19.1 Å². The van der Waals surface area contributed by atoms with Crippen LogP contribution < -0.4 is 19.1 Å². The second-order valence-corrected chi connectivity index (χ2v) is 11.2.